The second-order valence-electron chi connectivity index (χ2n) is 3.86. The van der Waals surface area contributed by atoms with Crippen molar-refractivity contribution in [2.24, 2.45) is 0 Å². The van der Waals surface area contributed by atoms with E-state index < -0.39 is 0 Å². The van der Waals surface area contributed by atoms with E-state index in [-0.39, 0.29) is 0 Å². The summed E-state index contributed by atoms with van der Waals surface area (Å²) in [6.45, 7) is 6.35. The first-order valence-corrected chi connectivity index (χ1v) is 5.17. The van der Waals surface area contributed by atoms with Crippen molar-refractivity contribution in [2.45, 2.75) is 33.6 Å². The van der Waals surface area contributed by atoms with Gasteiger partial charge in [-0.1, -0.05) is 13.0 Å². The zero-order valence-electron chi connectivity index (χ0n) is 9.05. The summed E-state index contributed by atoms with van der Waals surface area (Å²) in [4.78, 5) is 0. The maximum absolute atomic E-state index is 5.72. The number of allylic oxidation sites excluding steroid dienone is 2. The summed E-state index contributed by atoms with van der Waals surface area (Å²) in [7, 11) is 0. The van der Waals surface area contributed by atoms with Gasteiger partial charge in [-0.15, -0.1) is 0 Å². The summed E-state index contributed by atoms with van der Waals surface area (Å²) in [5.41, 5.74) is 4.05. The number of aryl methyl sites for hydroxylation is 2. The lowest BCUT2D eigenvalue weighted by Crippen LogP contribution is -2.04. The minimum Gasteiger partial charge on any atom is -0.462 e. The minimum atomic E-state index is 1.01. The highest BCUT2D eigenvalue weighted by molar-refractivity contribution is 5.46. The van der Waals surface area contributed by atoms with Gasteiger partial charge in [0.1, 0.15) is 5.75 Å². The molecular formula is C13H16O. The summed E-state index contributed by atoms with van der Waals surface area (Å²) in [5, 5.41) is 0. The second-order valence-corrected chi connectivity index (χ2v) is 3.86. The fourth-order valence-corrected chi connectivity index (χ4v) is 1.87. The molecule has 0 bridgehead atoms. The van der Waals surface area contributed by atoms with E-state index in [9.17, 15) is 0 Å². The highest BCUT2D eigenvalue weighted by atomic mass is 16.5. The van der Waals surface area contributed by atoms with Crippen LogP contribution in [0.25, 0.3) is 0 Å². The van der Waals surface area contributed by atoms with Crippen LogP contribution < -0.4 is 4.74 Å². The second kappa shape index (κ2) is 3.49. The van der Waals surface area contributed by atoms with Gasteiger partial charge >= 0.3 is 0 Å². The molecule has 14 heavy (non-hydrogen) atoms. The predicted octanol–water partition coefficient (Wildman–Crippen LogP) is 3.40. The van der Waals surface area contributed by atoms with Gasteiger partial charge in [-0.05, 0) is 50.0 Å². The minimum absolute atomic E-state index is 1.01. The topological polar surface area (TPSA) is 9.23 Å². The van der Waals surface area contributed by atoms with Crippen molar-refractivity contribution < 1.29 is 4.74 Å². The third-order valence-electron chi connectivity index (χ3n) is 2.76. The van der Waals surface area contributed by atoms with Gasteiger partial charge in [-0.25, -0.2) is 0 Å². The summed E-state index contributed by atoms with van der Waals surface area (Å²) in [5.74, 6) is 2.08. The van der Waals surface area contributed by atoms with Gasteiger partial charge in [-0.3, -0.25) is 0 Å². The van der Waals surface area contributed by atoms with Crippen LogP contribution >= 0.6 is 0 Å². The standard InChI is InChI=1S/C13H16O/c1-4-11-7-9(2)12-6-5-10(3)14-13(12)8-11/h5,7-8H,4,6H2,1-3H3. The van der Waals surface area contributed by atoms with Crippen LogP contribution in [0.5, 0.6) is 5.75 Å². The number of ether oxygens (including phenoxy) is 1. The lowest BCUT2D eigenvalue weighted by molar-refractivity contribution is 0.411. The molecule has 0 fully saturated rings. The molecule has 1 nitrogen and oxygen atoms in total. The van der Waals surface area contributed by atoms with E-state index in [0.29, 0.717) is 0 Å². The van der Waals surface area contributed by atoms with Crippen LogP contribution in [0.3, 0.4) is 0 Å². The number of rotatable bonds is 1. The van der Waals surface area contributed by atoms with Crippen LogP contribution in [-0.2, 0) is 12.8 Å². The van der Waals surface area contributed by atoms with Crippen molar-refractivity contribution in [3.05, 3.63) is 40.7 Å². The van der Waals surface area contributed by atoms with Crippen LogP contribution in [0.15, 0.2) is 24.0 Å². The molecular weight excluding hydrogens is 172 g/mol. The Hall–Kier alpha value is -1.24. The molecule has 0 amide bonds. The molecule has 1 aromatic rings. The lowest BCUT2D eigenvalue weighted by atomic mass is 9.98. The van der Waals surface area contributed by atoms with Crippen molar-refractivity contribution in [3.63, 3.8) is 0 Å². The average Bonchev–Trinajstić information content (AvgIpc) is 2.16. The molecule has 0 saturated carbocycles. The Morgan fingerprint density at radius 3 is 2.79 bits per heavy atom. The summed E-state index contributed by atoms with van der Waals surface area (Å²) in [6.07, 6.45) is 4.22. The monoisotopic (exact) mass is 188 g/mol. The molecule has 0 spiro atoms. The molecule has 1 aliphatic rings. The molecule has 1 aliphatic heterocycles. The molecule has 1 aromatic carbocycles. The fourth-order valence-electron chi connectivity index (χ4n) is 1.87. The predicted molar refractivity (Wildman–Crippen MR) is 58.6 cm³/mol. The fraction of sp³-hybridized carbons (Fsp3) is 0.385. The van der Waals surface area contributed by atoms with Crippen LogP contribution in [0.1, 0.15) is 30.5 Å². The Bertz CT molecular complexity index is 388. The number of hydrogen-bond acceptors (Lipinski definition) is 1. The highest BCUT2D eigenvalue weighted by Crippen LogP contribution is 2.30. The SMILES string of the molecule is CCc1cc(C)c2c(c1)OC(C)=CC2. The molecule has 1 heterocycles. The summed E-state index contributed by atoms with van der Waals surface area (Å²) in [6, 6.07) is 4.43. The van der Waals surface area contributed by atoms with Crippen molar-refractivity contribution in [2.75, 3.05) is 0 Å². The van der Waals surface area contributed by atoms with Gasteiger partial charge in [0, 0.05) is 5.56 Å². The Labute approximate surface area is 85.4 Å². The first kappa shape index (κ1) is 9.32. The van der Waals surface area contributed by atoms with Gasteiger partial charge in [0.25, 0.3) is 0 Å². The van der Waals surface area contributed by atoms with E-state index in [1.807, 2.05) is 6.92 Å². The van der Waals surface area contributed by atoms with Gasteiger partial charge in [-0.2, -0.15) is 0 Å². The average molecular weight is 188 g/mol. The molecule has 0 N–H and O–H groups in total. The van der Waals surface area contributed by atoms with Crippen molar-refractivity contribution >= 4 is 0 Å². The van der Waals surface area contributed by atoms with E-state index in [0.717, 1.165) is 24.4 Å². The quantitative estimate of drug-likeness (QED) is 0.656. The van der Waals surface area contributed by atoms with Crippen LogP contribution in [0.2, 0.25) is 0 Å². The van der Waals surface area contributed by atoms with Gasteiger partial charge in [0.05, 0.1) is 5.76 Å². The van der Waals surface area contributed by atoms with Crippen molar-refractivity contribution in [1.29, 1.82) is 0 Å². The Balaban J connectivity index is 2.48. The zero-order chi connectivity index (χ0) is 10.1. The maximum atomic E-state index is 5.72. The van der Waals surface area contributed by atoms with Gasteiger partial charge in [0.2, 0.25) is 0 Å². The first-order chi connectivity index (χ1) is 6.70. The molecule has 0 saturated heterocycles. The molecule has 0 aromatic heterocycles. The number of hydrogen-bond donors (Lipinski definition) is 0. The van der Waals surface area contributed by atoms with Crippen LogP contribution in [-0.4, -0.2) is 0 Å². The Kier molecular flexibility index (Phi) is 2.32. The molecule has 74 valence electrons. The van der Waals surface area contributed by atoms with E-state index in [1.165, 1.54) is 16.7 Å². The van der Waals surface area contributed by atoms with E-state index >= 15 is 0 Å². The van der Waals surface area contributed by atoms with Crippen LogP contribution in [0.4, 0.5) is 0 Å². The summed E-state index contributed by atoms with van der Waals surface area (Å²) >= 11 is 0. The van der Waals surface area contributed by atoms with Crippen LogP contribution in [0, 0.1) is 6.92 Å². The zero-order valence-corrected chi connectivity index (χ0v) is 9.05. The van der Waals surface area contributed by atoms with Gasteiger partial charge in [0.15, 0.2) is 0 Å². The molecule has 2 rings (SSSR count). The Morgan fingerprint density at radius 1 is 1.29 bits per heavy atom. The third-order valence-corrected chi connectivity index (χ3v) is 2.76. The molecule has 0 unspecified atom stereocenters. The molecule has 1 heteroatoms. The lowest BCUT2D eigenvalue weighted by Gasteiger charge is -2.19. The Morgan fingerprint density at radius 2 is 2.07 bits per heavy atom. The van der Waals surface area contributed by atoms with E-state index in [2.05, 4.69) is 32.1 Å². The largest absolute Gasteiger partial charge is 0.462 e. The molecule has 0 atom stereocenters. The van der Waals surface area contributed by atoms with E-state index in [4.69, 9.17) is 4.74 Å². The van der Waals surface area contributed by atoms with E-state index in [1.54, 1.807) is 0 Å². The molecule has 0 radical (unpaired) electrons. The molecule has 0 aliphatic carbocycles. The van der Waals surface area contributed by atoms with Crippen molar-refractivity contribution in [3.8, 4) is 5.75 Å². The van der Waals surface area contributed by atoms with Crippen molar-refractivity contribution in [1.82, 2.24) is 0 Å². The third kappa shape index (κ3) is 1.54. The first-order valence-electron chi connectivity index (χ1n) is 5.17. The summed E-state index contributed by atoms with van der Waals surface area (Å²) < 4.78 is 5.72. The van der Waals surface area contributed by atoms with Gasteiger partial charge < -0.3 is 4.74 Å². The number of fused-ring (bicyclic) bond motifs is 1. The normalized spacial score (nSPS) is 14.4. The highest BCUT2D eigenvalue weighted by Gasteiger charge is 2.12. The number of benzene rings is 1. The maximum Gasteiger partial charge on any atom is 0.130 e. The smallest absolute Gasteiger partial charge is 0.130 e.